The van der Waals surface area contributed by atoms with Crippen LogP contribution in [-0.2, 0) is 0 Å². The van der Waals surface area contributed by atoms with E-state index < -0.39 is 0 Å². The van der Waals surface area contributed by atoms with Gasteiger partial charge in [0.05, 0.1) is 0 Å². The van der Waals surface area contributed by atoms with Gasteiger partial charge in [-0.1, -0.05) is 6.42 Å². The number of nitrogens with two attached hydrogens (primary N) is 1. The van der Waals surface area contributed by atoms with Crippen LogP contribution in [0.15, 0.2) is 0 Å². The van der Waals surface area contributed by atoms with Crippen molar-refractivity contribution in [2.45, 2.75) is 45.6 Å². The van der Waals surface area contributed by atoms with Crippen LogP contribution in [0.5, 0.6) is 0 Å². The highest BCUT2D eigenvalue weighted by Gasteiger charge is 2.50. The van der Waals surface area contributed by atoms with E-state index in [2.05, 4.69) is 25.7 Å². The van der Waals surface area contributed by atoms with Gasteiger partial charge in [0.15, 0.2) is 0 Å². The first kappa shape index (κ1) is 10.4. The van der Waals surface area contributed by atoms with Gasteiger partial charge in [-0.2, -0.15) is 0 Å². The molecule has 1 aliphatic heterocycles. The fourth-order valence-corrected chi connectivity index (χ4v) is 3.26. The topological polar surface area (TPSA) is 29.3 Å². The zero-order valence-corrected chi connectivity index (χ0v) is 9.84. The number of hydrogen-bond donors (Lipinski definition) is 1. The molecule has 2 aliphatic rings. The second-order valence-corrected chi connectivity index (χ2v) is 6.21. The van der Waals surface area contributed by atoms with Crippen molar-refractivity contribution < 1.29 is 0 Å². The Bertz CT molecular complexity index is 219. The third-order valence-corrected chi connectivity index (χ3v) is 4.40. The molecule has 2 fully saturated rings. The molecule has 0 amide bonds. The molecule has 1 aliphatic carbocycles. The van der Waals surface area contributed by atoms with E-state index in [1.807, 2.05) is 0 Å². The highest BCUT2D eigenvalue weighted by molar-refractivity contribution is 5.03. The van der Waals surface area contributed by atoms with E-state index >= 15 is 0 Å². The zero-order chi connectivity index (χ0) is 10.4. The molecular formula is C12H24N2. The lowest BCUT2D eigenvalue weighted by molar-refractivity contribution is 0.147. The first-order valence-corrected chi connectivity index (χ1v) is 5.93. The highest BCUT2D eigenvalue weighted by Crippen LogP contribution is 2.49. The molecule has 0 aromatic heterocycles. The van der Waals surface area contributed by atoms with E-state index in [0.717, 1.165) is 12.5 Å². The van der Waals surface area contributed by atoms with Crippen LogP contribution in [0, 0.1) is 11.3 Å². The molecule has 2 rings (SSSR count). The summed E-state index contributed by atoms with van der Waals surface area (Å²) in [5.41, 5.74) is 6.79. The summed E-state index contributed by atoms with van der Waals surface area (Å²) in [5, 5.41) is 0. The minimum Gasteiger partial charge on any atom is -0.330 e. The summed E-state index contributed by atoms with van der Waals surface area (Å²) in [6, 6.07) is 0. The van der Waals surface area contributed by atoms with Crippen LogP contribution in [0.2, 0.25) is 0 Å². The highest BCUT2D eigenvalue weighted by atomic mass is 15.2. The molecule has 0 radical (unpaired) electrons. The first-order valence-electron chi connectivity index (χ1n) is 5.93. The summed E-state index contributed by atoms with van der Waals surface area (Å²) >= 11 is 0. The second kappa shape index (κ2) is 3.21. The fraction of sp³-hybridized carbons (Fsp3) is 1.00. The maximum atomic E-state index is 5.99. The first-order chi connectivity index (χ1) is 6.48. The molecule has 2 N–H and O–H groups in total. The van der Waals surface area contributed by atoms with E-state index in [1.165, 1.54) is 32.4 Å². The number of rotatable bonds is 1. The molecule has 1 saturated carbocycles. The maximum absolute atomic E-state index is 5.99. The predicted molar refractivity (Wildman–Crippen MR) is 60.2 cm³/mol. The predicted octanol–water partition coefficient (Wildman–Crippen LogP) is 1.85. The van der Waals surface area contributed by atoms with E-state index in [4.69, 9.17) is 5.73 Å². The van der Waals surface area contributed by atoms with Gasteiger partial charge in [0, 0.05) is 18.6 Å². The van der Waals surface area contributed by atoms with Crippen LogP contribution < -0.4 is 5.73 Å². The van der Waals surface area contributed by atoms with Crippen molar-refractivity contribution in [1.82, 2.24) is 4.90 Å². The lowest BCUT2D eigenvalue weighted by Crippen LogP contribution is -2.42. The van der Waals surface area contributed by atoms with Gasteiger partial charge in [-0.25, -0.2) is 0 Å². The third-order valence-electron chi connectivity index (χ3n) is 4.40. The average Bonchev–Trinajstić information content (AvgIpc) is 2.56. The molecule has 2 atom stereocenters. The molecule has 0 bridgehead atoms. The lowest BCUT2D eigenvalue weighted by Gasteiger charge is -2.34. The molecule has 2 heteroatoms. The van der Waals surface area contributed by atoms with Crippen molar-refractivity contribution in [2.24, 2.45) is 17.1 Å². The van der Waals surface area contributed by atoms with Crippen LogP contribution in [0.25, 0.3) is 0 Å². The Labute approximate surface area is 87.8 Å². The van der Waals surface area contributed by atoms with Crippen molar-refractivity contribution in [3.05, 3.63) is 0 Å². The Morgan fingerprint density at radius 2 is 2.14 bits per heavy atom. The van der Waals surface area contributed by atoms with Gasteiger partial charge >= 0.3 is 0 Å². The quantitative estimate of drug-likeness (QED) is 0.693. The van der Waals surface area contributed by atoms with E-state index in [-0.39, 0.29) is 0 Å². The number of fused-ring (bicyclic) bond motifs is 1. The molecule has 0 spiro atoms. The van der Waals surface area contributed by atoms with Gasteiger partial charge < -0.3 is 5.73 Å². The number of nitrogens with zero attached hydrogens (tertiary/aromatic N) is 1. The second-order valence-electron chi connectivity index (χ2n) is 6.21. The molecule has 82 valence electrons. The molecule has 1 saturated heterocycles. The minimum absolute atomic E-state index is 0.326. The monoisotopic (exact) mass is 196 g/mol. The fourth-order valence-electron chi connectivity index (χ4n) is 3.26. The summed E-state index contributed by atoms with van der Waals surface area (Å²) in [6.07, 6.45) is 4.17. The Morgan fingerprint density at radius 1 is 1.43 bits per heavy atom. The van der Waals surface area contributed by atoms with Crippen LogP contribution in [0.1, 0.15) is 40.0 Å². The summed E-state index contributed by atoms with van der Waals surface area (Å²) in [5.74, 6) is 0.881. The molecule has 14 heavy (non-hydrogen) atoms. The average molecular weight is 196 g/mol. The molecule has 0 aromatic carbocycles. The Balaban J connectivity index is 2.13. The summed E-state index contributed by atoms with van der Waals surface area (Å²) in [7, 11) is 0. The van der Waals surface area contributed by atoms with E-state index in [9.17, 15) is 0 Å². The van der Waals surface area contributed by atoms with E-state index in [1.54, 1.807) is 0 Å². The largest absolute Gasteiger partial charge is 0.330 e. The summed E-state index contributed by atoms with van der Waals surface area (Å²) < 4.78 is 0. The van der Waals surface area contributed by atoms with Gasteiger partial charge in [-0.3, -0.25) is 4.90 Å². The molecular weight excluding hydrogens is 172 g/mol. The Kier molecular flexibility index (Phi) is 2.39. The smallest absolute Gasteiger partial charge is 0.0125 e. The van der Waals surface area contributed by atoms with Crippen LogP contribution in [-0.4, -0.2) is 30.1 Å². The normalized spacial score (nSPS) is 39.0. The van der Waals surface area contributed by atoms with Gasteiger partial charge in [0.1, 0.15) is 0 Å². The molecule has 0 aromatic rings. The van der Waals surface area contributed by atoms with Gasteiger partial charge in [0.25, 0.3) is 0 Å². The Hall–Kier alpha value is -0.0800. The third kappa shape index (κ3) is 1.49. The summed E-state index contributed by atoms with van der Waals surface area (Å²) in [4.78, 5) is 2.63. The minimum atomic E-state index is 0.326. The van der Waals surface area contributed by atoms with E-state index in [0.29, 0.717) is 11.0 Å². The van der Waals surface area contributed by atoms with Crippen molar-refractivity contribution in [3.8, 4) is 0 Å². The summed E-state index contributed by atoms with van der Waals surface area (Å²) in [6.45, 7) is 10.4. The van der Waals surface area contributed by atoms with Gasteiger partial charge in [-0.15, -0.1) is 0 Å². The SMILES string of the molecule is CC(C)(C)N1C[C@H]2CCC[C@@]2(CN)C1. The number of likely N-dealkylation sites (tertiary alicyclic amines) is 1. The van der Waals surface area contributed by atoms with Crippen LogP contribution in [0.3, 0.4) is 0 Å². The Morgan fingerprint density at radius 3 is 2.64 bits per heavy atom. The lowest BCUT2D eigenvalue weighted by atomic mass is 9.81. The number of hydrogen-bond acceptors (Lipinski definition) is 2. The van der Waals surface area contributed by atoms with Crippen molar-refractivity contribution in [1.29, 1.82) is 0 Å². The van der Waals surface area contributed by atoms with Crippen LogP contribution in [0.4, 0.5) is 0 Å². The van der Waals surface area contributed by atoms with Gasteiger partial charge in [0.2, 0.25) is 0 Å². The van der Waals surface area contributed by atoms with Crippen molar-refractivity contribution >= 4 is 0 Å². The molecule has 0 unspecified atom stereocenters. The molecule has 2 nitrogen and oxygen atoms in total. The van der Waals surface area contributed by atoms with Crippen LogP contribution >= 0.6 is 0 Å². The van der Waals surface area contributed by atoms with Crippen molar-refractivity contribution in [2.75, 3.05) is 19.6 Å². The molecule has 1 heterocycles. The standard InChI is InChI=1S/C12H24N2/c1-11(2,3)14-7-10-5-4-6-12(10,8-13)9-14/h10H,4-9,13H2,1-3H3/t10-,12-/m1/s1. The maximum Gasteiger partial charge on any atom is 0.0125 e. The zero-order valence-electron chi connectivity index (χ0n) is 9.84. The van der Waals surface area contributed by atoms with Crippen molar-refractivity contribution in [3.63, 3.8) is 0 Å². The van der Waals surface area contributed by atoms with Gasteiger partial charge in [-0.05, 0) is 51.5 Å².